The van der Waals surface area contributed by atoms with Gasteiger partial charge in [-0.05, 0) is 42.8 Å². The second-order valence-corrected chi connectivity index (χ2v) is 6.57. The maximum atomic E-state index is 12.5. The lowest BCUT2D eigenvalue weighted by Crippen LogP contribution is -2.30. The van der Waals surface area contributed by atoms with E-state index in [4.69, 9.17) is 4.74 Å². The molecule has 2 aromatic carbocycles. The highest BCUT2D eigenvalue weighted by atomic mass is 19.3. The first kappa shape index (κ1) is 23.3. The number of rotatable bonds is 8. The van der Waals surface area contributed by atoms with Crippen LogP contribution in [-0.4, -0.2) is 38.7 Å². The van der Waals surface area contributed by atoms with E-state index in [1.165, 1.54) is 37.3 Å². The Kier molecular flexibility index (Phi) is 8.09. The standard InChI is InChI=1S/C22H21F2N3O4/c1-14(20(28)26-18-6-4-5-7-19(18)31-22(23)24)30-21(29)16(13-25)12-15-8-10-17(11-9-15)27(2)3/h4-12,14,22H,1-3H3,(H,26,28)/b16-12-. The summed E-state index contributed by atoms with van der Waals surface area (Å²) in [5.41, 5.74) is 1.25. The molecule has 0 aliphatic rings. The van der Waals surface area contributed by atoms with E-state index in [2.05, 4.69) is 10.1 Å². The molecule has 0 saturated carbocycles. The fourth-order valence-corrected chi connectivity index (χ4v) is 2.45. The fraction of sp³-hybridized carbons (Fsp3) is 0.227. The molecule has 0 aliphatic carbocycles. The second kappa shape index (κ2) is 10.7. The number of hydrogen-bond donors (Lipinski definition) is 1. The molecule has 0 spiro atoms. The van der Waals surface area contributed by atoms with Crippen LogP contribution in [0.1, 0.15) is 12.5 Å². The molecule has 2 rings (SSSR count). The molecular formula is C22H21F2N3O4. The molecule has 0 aromatic heterocycles. The summed E-state index contributed by atoms with van der Waals surface area (Å²) in [6.45, 7) is -1.77. The normalized spacial score (nSPS) is 12.0. The SMILES string of the molecule is CC(OC(=O)/C(C#N)=C\c1ccc(N(C)C)cc1)C(=O)Nc1ccccc1OC(F)F. The Bertz CT molecular complexity index is 999. The number of carbonyl (C=O) groups excluding carboxylic acids is 2. The number of hydrogen-bond acceptors (Lipinski definition) is 6. The van der Waals surface area contributed by atoms with E-state index >= 15 is 0 Å². The number of anilines is 2. The van der Waals surface area contributed by atoms with Crippen LogP contribution in [0.15, 0.2) is 54.1 Å². The van der Waals surface area contributed by atoms with Crippen molar-refractivity contribution in [3.8, 4) is 11.8 Å². The number of carbonyl (C=O) groups is 2. The van der Waals surface area contributed by atoms with Crippen molar-refractivity contribution in [3.05, 3.63) is 59.7 Å². The average molecular weight is 429 g/mol. The van der Waals surface area contributed by atoms with Gasteiger partial charge in [-0.25, -0.2) is 4.79 Å². The molecule has 162 valence electrons. The van der Waals surface area contributed by atoms with Crippen LogP contribution < -0.4 is 15.0 Å². The largest absolute Gasteiger partial charge is 0.448 e. The summed E-state index contributed by atoms with van der Waals surface area (Å²) < 4.78 is 34.4. The van der Waals surface area contributed by atoms with Gasteiger partial charge in [-0.15, -0.1) is 0 Å². The van der Waals surface area contributed by atoms with Crippen molar-refractivity contribution in [2.45, 2.75) is 19.6 Å². The Morgan fingerprint density at radius 3 is 2.35 bits per heavy atom. The molecule has 0 radical (unpaired) electrons. The number of nitrogens with one attached hydrogen (secondary N) is 1. The van der Waals surface area contributed by atoms with Crippen molar-refractivity contribution in [3.63, 3.8) is 0 Å². The van der Waals surface area contributed by atoms with E-state index in [0.29, 0.717) is 5.56 Å². The van der Waals surface area contributed by atoms with E-state index in [0.717, 1.165) is 5.69 Å². The number of alkyl halides is 2. The molecule has 0 bridgehead atoms. The lowest BCUT2D eigenvalue weighted by Gasteiger charge is -2.15. The van der Waals surface area contributed by atoms with Crippen molar-refractivity contribution < 1.29 is 27.8 Å². The van der Waals surface area contributed by atoms with Crippen LogP contribution in [0.5, 0.6) is 5.75 Å². The number of nitrogens with zero attached hydrogens (tertiary/aromatic N) is 2. The third-order valence-electron chi connectivity index (χ3n) is 4.07. The van der Waals surface area contributed by atoms with Gasteiger partial charge in [0.1, 0.15) is 17.4 Å². The van der Waals surface area contributed by atoms with Crippen LogP contribution in [0, 0.1) is 11.3 Å². The number of halogens is 2. The van der Waals surface area contributed by atoms with Gasteiger partial charge in [0, 0.05) is 19.8 Å². The molecule has 0 saturated heterocycles. The van der Waals surface area contributed by atoms with Crippen LogP contribution in [0.4, 0.5) is 20.2 Å². The summed E-state index contributed by atoms with van der Waals surface area (Å²) in [5.74, 6) is -1.99. The molecule has 1 amide bonds. The summed E-state index contributed by atoms with van der Waals surface area (Å²) in [6, 6.07) is 14.5. The number of ether oxygens (including phenoxy) is 2. The van der Waals surface area contributed by atoms with Gasteiger partial charge in [-0.3, -0.25) is 4.79 Å². The monoisotopic (exact) mass is 429 g/mol. The van der Waals surface area contributed by atoms with Crippen LogP contribution in [-0.2, 0) is 14.3 Å². The Hall–Kier alpha value is -3.93. The zero-order valence-corrected chi connectivity index (χ0v) is 17.1. The lowest BCUT2D eigenvalue weighted by atomic mass is 10.1. The molecule has 1 atom stereocenters. The Morgan fingerprint density at radius 1 is 1.13 bits per heavy atom. The molecule has 7 nitrogen and oxygen atoms in total. The highest BCUT2D eigenvalue weighted by molar-refractivity contribution is 6.01. The summed E-state index contributed by atoms with van der Waals surface area (Å²) >= 11 is 0. The van der Waals surface area contributed by atoms with Crippen LogP contribution in [0.25, 0.3) is 6.08 Å². The van der Waals surface area contributed by atoms with Gasteiger partial charge >= 0.3 is 12.6 Å². The van der Waals surface area contributed by atoms with Crippen LogP contribution >= 0.6 is 0 Å². The topological polar surface area (TPSA) is 91.7 Å². The first-order chi connectivity index (χ1) is 14.7. The summed E-state index contributed by atoms with van der Waals surface area (Å²) in [5, 5.41) is 11.7. The predicted molar refractivity (Wildman–Crippen MR) is 112 cm³/mol. The molecule has 2 aromatic rings. The predicted octanol–water partition coefficient (Wildman–Crippen LogP) is 3.83. The van der Waals surface area contributed by atoms with Gasteiger partial charge in [0.2, 0.25) is 0 Å². The highest BCUT2D eigenvalue weighted by Gasteiger charge is 2.22. The van der Waals surface area contributed by atoms with Gasteiger partial charge in [-0.2, -0.15) is 14.0 Å². The van der Waals surface area contributed by atoms with E-state index in [1.807, 2.05) is 31.1 Å². The summed E-state index contributed by atoms with van der Waals surface area (Å²) in [6.07, 6.45) is 0.0537. The number of benzene rings is 2. The van der Waals surface area contributed by atoms with Gasteiger partial charge in [0.25, 0.3) is 5.91 Å². The minimum atomic E-state index is -3.07. The molecule has 9 heteroatoms. The fourth-order valence-electron chi connectivity index (χ4n) is 2.45. The minimum absolute atomic E-state index is 0.00673. The van der Waals surface area contributed by atoms with Gasteiger partial charge in [0.15, 0.2) is 6.10 Å². The molecule has 0 heterocycles. The van der Waals surface area contributed by atoms with Crippen LogP contribution in [0.3, 0.4) is 0 Å². The lowest BCUT2D eigenvalue weighted by molar-refractivity contribution is -0.148. The molecular weight excluding hydrogens is 408 g/mol. The summed E-state index contributed by atoms with van der Waals surface area (Å²) in [4.78, 5) is 26.5. The quantitative estimate of drug-likeness (QED) is 0.390. The minimum Gasteiger partial charge on any atom is -0.448 e. The summed E-state index contributed by atoms with van der Waals surface area (Å²) in [7, 11) is 3.76. The second-order valence-electron chi connectivity index (χ2n) is 6.57. The Labute approximate surface area is 178 Å². The number of nitriles is 1. The third-order valence-corrected chi connectivity index (χ3v) is 4.07. The van der Waals surface area contributed by atoms with Crippen LogP contribution in [0.2, 0.25) is 0 Å². The van der Waals surface area contributed by atoms with E-state index in [9.17, 15) is 23.6 Å². The number of para-hydroxylation sites is 2. The van der Waals surface area contributed by atoms with E-state index in [1.54, 1.807) is 18.2 Å². The first-order valence-corrected chi connectivity index (χ1v) is 9.16. The smallest absolute Gasteiger partial charge is 0.387 e. The van der Waals surface area contributed by atoms with Crippen molar-refractivity contribution in [1.29, 1.82) is 5.26 Å². The zero-order valence-electron chi connectivity index (χ0n) is 17.1. The van der Waals surface area contributed by atoms with Crippen molar-refractivity contribution in [2.75, 3.05) is 24.3 Å². The maximum absolute atomic E-state index is 12.5. The van der Waals surface area contributed by atoms with E-state index in [-0.39, 0.29) is 17.0 Å². The number of amides is 1. The van der Waals surface area contributed by atoms with Gasteiger partial charge < -0.3 is 19.7 Å². The molecule has 31 heavy (non-hydrogen) atoms. The third kappa shape index (κ3) is 6.82. The van der Waals surface area contributed by atoms with Crippen molar-refractivity contribution >= 4 is 29.3 Å². The van der Waals surface area contributed by atoms with Gasteiger partial charge in [-0.1, -0.05) is 24.3 Å². The maximum Gasteiger partial charge on any atom is 0.387 e. The number of esters is 1. The Balaban J connectivity index is 2.06. The average Bonchev–Trinajstić information content (AvgIpc) is 2.73. The molecule has 0 fully saturated rings. The molecule has 1 unspecified atom stereocenters. The highest BCUT2D eigenvalue weighted by Crippen LogP contribution is 2.25. The Morgan fingerprint density at radius 2 is 1.77 bits per heavy atom. The van der Waals surface area contributed by atoms with Gasteiger partial charge in [0.05, 0.1) is 5.69 Å². The molecule has 1 N–H and O–H groups in total. The van der Waals surface area contributed by atoms with Crippen molar-refractivity contribution in [2.24, 2.45) is 0 Å². The molecule has 0 aliphatic heterocycles. The van der Waals surface area contributed by atoms with Crippen molar-refractivity contribution in [1.82, 2.24) is 0 Å². The first-order valence-electron chi connectivity index (χ1n) is 9.16. The van der Waals surface area contributed by atoms with E-state index < -0.39 is 24.6 Å². The zero-order chi connectivity index (χ0) is 23.0.